The minimum absolute atomic E-state index is 0.0388. The van der Waals surface area contributed by atoms with Gasteiger partial charge in [0, 0.05) is 11.3 Å². The predicted molar refractivity (Wildman–Crippen MR) is 112 cm³/mol. The molecular weight excluding hydrogens is 334 g/mol. The van der Waals surface area contributed by atoms with Crippen LogP contribution in [-0.4, -0.2) is 28.6 Å². The SMILES string of the molecule is CC(=N[C@H](CO)CC(C)C)c1c2ccc(c1O)CCc1ccc(cc1)CC2. The lowest BCUT2D eigenvalue weighted by atomic mass is 9.90. The molecule has 1 atom stereocenters. The van der Waals surface area contributed by atoms with Gasteiger partial charge in [0.2, 0.25) is 0 Å². The lowest BCUT2D eigenvalue weighted by molar-refractivity contribution is 0.251. The highest BCUT2D eigenvalue weighted by Crippen LogP contribution is 2.30. The van der Waals surface area contributed by atoms with E-state index in [4.69, 9.17) is 4.99 Å². The maximum atomic E-state index is 11.0. The minimum Gasteiger partial charge on any atom is -0.507 e. The molecule has 6 rings (SSSR count). The zero-order valence-corrected chi connectivity index (χ0v) is 16.7. The molecule has 4 aliphatic carbocycles. The summed E-state index contributed by atoms with van der Waals surface area (Å²) < 4.78 is 0. The van der Waals surface area contributed by atoms with Gasteiger partial charge in [-0.15, -0.1) is 0 Å². The van der Waals surface area contributed by atoms with Crippen molar-refractivity contribution in [3.05, 3.63) is 64.2 Å². The first-order chi connectivity index (χ1) is 13.0. The second-order valence-electron chi connectivity index (χ2n) is 8.10. The number of aliphatic imine (C=N–C) groups is 1. The molecule has 3 nitrogen and oxygen atoms in total. The molecule has 0 aromatic heterocycles. The van der Waals surface area contributed by atoms with Gasteiger partial charge in [-0.1, -0.05) is 50.2 Å². The molecule has 2 aromatic carbocycles. The number of aliphatic hydroxyl groups excluding tert-OH is 1. The smallest absolute Gasteiger partial charge is 0.128 e. The highest BCUT2D eigenvalue weighted by Gasteiger charge is 2.18. The lowest BCUT2D eigenvalue weighted by Gasteiger charge is -2.19. The Labute approximate surface area is 162 Å². The highest BCUT2D eigenvalue weighted by molar-refractivity contribution is 6.03. The molecule has 0 unspecified atom stereocenters. The summed E-state index contributed by atoms with van der Waals surface area (Å²) >= 11 is 0. The summed E-state index contributed by atoms with van der Waals surface area (Å²) in [5.41, 5.74) is 6.41. The summed E-state index contributed by atoms with van der Waals surface area (Å²) in [6, 6.07) is 12.9. The fourth-order valence-corrected chi connectivity index (χ4v) is 3.97. The Hall–Kier alpha value is -2.13. The van der Waals surface area contributed by atoms with Crippen LogP contribution < -0.4 is 0 Å². The second kappa shape index (κ2) is 8.71. The quantitative estimate of drug-likeness (QED) is 0.767. The topological polar surface area (TPSA) is 52.8 Å². The van der Waals surface area contributed by atoms with E-state index in [1.807, 2.05) is 6.92 Å². The van der Waals surface area contributed by atoms with Crippen LogP contribution in [0.5, 0.6) is 5.75 Å². The molecular formula is C24H31NO2. The van der Waals surface area contributed by atoms with E-state index in [-0.39, 0.29) is 12.6 Å². The van der Waals surface area contributed by atoms with Gasteiger partial charge in [0.25, 0.3) is 0 Å². The third-order valence-electron chi connectivity index (χ3n) is 5.43. The van der Waals surface area contributed by atoms with Crippen LogP contribution in [0.4, 0.5) is 0 Å². The van der Waals surface area contributed by atoms with Crippen molar-refractivity contribution in [2.75, 3.05) is 6.61 Å². The monoisotopic (exact) mass is 365 g/mol. The van der Waals surface area contributed by atoms with Crippen LogP contribution in [0.1, 0.15) is 55.0 Å². The number of nitrogens with zero attached hydrogens (tertiary/aromatic N) is 1. The molecule has 0 radical (unpaired) electrons. The summed E-state index contributed by atoms with van der Waals surface area (Å²) in [4.78, 5) is 4.78. The van der Waals surface area contributed by atoms with E-state index in [0.717, 1.165) is 54.5 Å². The Bertz CT molecular complexity index is 806. The van der Waals surface area contributed by atoms with Crippen LogP contribution in [0.25, 0.3) is 0 Å². The molecule has 4 bridgehead atoms. The van der Waals surface area contributed by atoms with E-state index in [2.05, 4.69) is 50.2 Å². The van der Waals surface area contributed by atoms with Crippen LogP contribution >= 0.6 is 0 Å². The summed E-state index contributed by atoms with van der Waals surface area (Å²) in [6.45, 7) is 6.28. The molecule has 0 aliphatic heterocycles. The largest absolute Gasteiger partial charge is 0.507 e. The maximum absolute atomic E-state index is 11.0. The fourth-order valence-electron chi connectivity index (χ4n) is 3.97. The molecule has 4 aliphatic rings. The summed E-state index contributed by atoms with van der Waals surface area (Å²) in [5, 5.41) is 20.7. The van der Waals surface area contributed by atoms with Gasteiger partial charge in [0.05, 0.1) is 12.6 Å². The lowest BCUT2D eigenvalue weighted by Crippen LogP contribution is -2.16. The number of aromatic hydroxyl groups is 1. The molecule has 2 aromatic rings. The standard InChI is InChI=1S/C24H31NO2/c1-16(2)14-22(15-26)25-17(3)23-20-10-8-18-4-6-19(7-5-18)9-11-21(13-12-20)24(23)27/h4-7,12-13,16,22,26-27H,8-11,14-15H2,1-3H3/t22-/m0/s1. The average Bonchev–Trinajstić information content (AvgIpc) is 2.63. The van der Waals surface area contributed by atoms with Crippen molar-refractivity contribution in [1.29, 1.82) is 0 Å². The van der Waals surface area contributed by atoms with Crippen molar-refractivity contribution in [3.8, 4) is 5.75 Å². The molecule has 0 heterocycles. The normalized spacial score (nSPS) is 15.7. The van der Waals surface area contributed by atoms with E-state index >= 15 is 0 Å². The van der Waals surface area contributed by atoms with Crippen molar-refractivity contribution in [2.24, 2.45) is 10.9 Å². The number of hydrogen-bond acceptors (Lipinski definition) is 3. The van der Waals surface area contributed by atoms with E-state index < -0.39 is 0 Å². The number of phenolic OH excluding ortho intramolecular Hbond substituents is 1. The zero-order valence-electron chi connectivity index (χ0n) is 16.7. The van der Waals surface area contributed by atoms with Crippen LogP contribution in [0.2, 0.25) is 0 Å². The molecule has 144 valence electrons. The van der Waals surface area contributed by atoms with Crippen LogP contribution in [-0.2, 0) is 25.7 Å². The van der Waals surface area contributed by atoms with Crippen molar-refractivity contribution in [2.45, 2.75) is 58.9 Å². The Kier molecular flexibility index (Phi) is 6.33. The van der Waals surface area contributed by atoms with Crippen molar-refractivity contribution in [3.63, 3.8) is 0 Å². The Morgan fingerprint density at radius 2 is 1.48 bits per heavy atom. The van der Waals surface area contributed by atoms with Gasteiger partial charge >= 0.3 is 0 Å². The highest BCUT2D eigenvalue weighted by atomic mass is 16.3. The predicted octanol–water partition coefficient (Wildman–Crippen LogP) is 4.49. The first kappa shape index (κ1) is 19.6. The number of aliphatic hydroxyl groups is 1. The van der Waals surface area contributed by atoms with Gasteiger partial charge in [-0.2, -0.15) is 0 Å². The van der Waals surface area contributed by atoms with Crippen molar-refractivity contribution < 1.29 is 10.2 Å². The van der Waals surface area contributed by atoms with Crippen molar-refractivity contribution in [1.82, 2.24) is 0 Å². The van der Waals surface area contributed by atoms with E-state index in [1.54, 1.807) is 0 Å². The van der Waals surface area contributed by atoms with Crippen LogP contribution in [0.3, 0.4) is 0 Å². The molecule has 0 saturated heterocycles. The van der Waals surface area contributed by atoms with Gasteiger partial charge in [0.15, 0.2) is 0 Å². The molecule has 0 spiro atoms. The summed E-state index contributed by atoms with van der Waals surface area (Å²) in [7, 11) is 0. The van der Waals surface area contributed by atoms with Crippen LogP contribution in [0, 0.1) is 5.92 Å². The average molecular weight is 366 g/mol. The summed E-state index contributed by atoms with van der Waals surface area (Å²) in [5.74, 6) is 0.837. The van der Waals surface area contributed by atoms with Gasteiger partial charge in [0.1, 0.15) is 5.75 Å². The van der Waals surface area contributed by atoms with Gasteiger partial charge in [-0.05, 0) is 67.2 Å². The van der Waals surface area contributed by atoms with E-state index in [0.29, 0.717) is 11.7 Å². The summed E-state index contributed by atoms with van der Waals surface area (Å²) in [6.07, 6.45) is 4.37. The third-order valence-corrected chi connectivity index (χ3v) is 5.43. The Morgan fingerprint density at radius 1 is 0.926 bits per heavy atom. The number of hydrogen-bond donors (Lipinski definition) is 2. The van der Waals surface area contributed by atoms with Crippen molar-refractivity contribution >= 4 is 5.71 Å². The first-order valence-electron chi connectivity index (χ1n) is 10.0. The maximum Gasteiger partial charge on any atom is 0.128 e. The van der Waals surface area contributed by atoms with E-state index in [9.17, 15) is 10.2 Å². The van der Waals surface area contributed by atoms with Gasteiger partial charge in [-0.3, -0.25) is 4.99 Å². The van der Waals surface area contributed by atoms with Gasteiger partial charge < -0.3 is 10.2 Å². The molecule has 0 saturated carbocycles. The molecule has 3 heteroatoms. The Balaban J connectivity index is 2.00. The number of phenols is 1. The molecule has 0 amide bonds. The number of aryl methyl sites for hydroxylation is 4. The first-order valence-corrected chi connectivity index (χ1v) is 10.0. The number of benzene rings is 2. The second-order valence-corrected chi connectivity index (χ2v) is 8.10. The molecule has 2 N–H and O–H groups in total. The fraction of sp³-hybridized carbons (Fsp3) is 0.458. The molecule has 27 heavy (non-hydrogen) atoms. The van der Waals surface area contributed by atoms with Crippen LogP contribution in [0.15, 0.2) is 41.4 Å². The minimum atomic E-state index is -0.119. The number of rotatable bonds is 5. The third kappa shape index (κ3) is 4.78. The van der Waals surface area contributed by atoms with Gasteiger partial charge in [-0.25, -0.2) is 0 Å². The molecule has 0 fully saturated rings. The van der Waals surface area contributed by atoms with E-state index in [1.165, 1.54) is 11.1 Å². The zero-order chi connectivity index (χ0) is 19.4. The Morgan fingerprint density at radius 3 is 2.04 bits per heavy atom.